The van der Waals surface area contributed by atoms with Crippen molar-refractivity contribution in [3.8, 4) is 0 Å². The zero-order valence-electron chi connectivity index (χ0n) is 13.1. The Morgan fingerprint density at radius 1 is 1.29 bits per heavy atom. The number of nitrogens with one attached hydrogen (secondary N) is 2. The number of rotatable bonds is 6. The molecule has 2 heterocycles. The second kappa shape index (κ2) is 7.40. The maximum absolute atomic E-state index is 6.03. The van der Waals surface area contributed by atoms with Crippen molar-refractivity contribution in [3.05, 3.63) is 10.8 Å². The average molecular weight is 357 g/mol. The van der Waals surface area contributed by atoms with Gasteiger partial charge in [-0.1, -0.05) is 13.8 Å². The molecule has 2 rings (SSSR count). The highest BCUT2D eigenvalue weighted by Gasteiger charge is 2.34. The van der Waals surface area contributed by atoms with Crippen molar-refractivity contribution in [2.75, 3.05) is 23.8 Å². The Kier molecular flexibility index (Phi) is 5.81. The number of nitrogens with zero attached hydrogens (tertiary/aromatic N) is 2. The molecule has 1 aliphatic rings. The molecule has 1 aromatic rings. The molecule has 1 atom stereocenters. The van der Waals surface area contributed by atoms with Crippen molar-refractivity contribution in [1.82, 2.24) is 9.97 Å². The summed E-state index contributed by atoms with van der Waals surface area (Å²) in [6.45, 7) is 8.10. The third-order valence-corrected chi connectivity index (χ3v) is 5.01. The molecule has 1 fully saturated rings. The van der Waals surface area contributed by atoms with Crippen LogP contribution >= 0.6 is 15.9 Å². The predicted octanol–water partition coefficient (Wildman–Crippen LogP) is 3.82. The van der Waals surface area contributed by atoms with E-state index in [9.17, 15) is 0 Å². The van der Waals surface area contributed by atoms with Crippen LogP contribution in [0.15, 0.2) is 10.8 Å². The first kappa shape index (κ1) is 16.5. The maximum Gasteiger partial charge on any atom is 0.146 e. The Bertz CT molecular complexity index is 465. The van der Waals surface area contributed by atoms with E-state index in [1.165, 1.54) is 0 Å². The normalized spacial score (nSPS) is 21.0. The minimum absolute atomic E-state index is 0.0138. The molecule has 118 valence electrons. The second-order valence-corrected chi connectivity index (χ2v) is 6.28. The van der Waals surface area contributed by atoms with Gasteiger partial charge in [-0.05, 0) is 48.5 Å². The summed E-state index contributed by atoms with van der Waals surface area (Å²) >= 11 is 3.59. The van der Waals surface area contributed by atoms with E-state index in [1.807, 2.05) is 0 Å². The van der Waals surface area contributed by atoms with Gasteiger partial charge in [0.15, 0.2) is 0 Å². The molecule has 1 aliphatic heterocycles. The molecule has 0 aromatic carbocycles. The zero-order valence-corrected chi connectivity index (χ0v) is 14.7. The largest absolute Gasteiger partial charge is 0.375 e. The summed E-state index contributed by atoms with van der Waals surface area (Å²) in [5.74, 6) is 1.69. The van der Waals surface area contributed by atoms with E-state index >= 15 is 0 Å². The van der Waals surface area contributed by atoms with E-state index < -0.39 is 0 Å². The van der Waals surface area contributed by atoms with Gasteiger partial charge in [0.1, 0.15) is 22.4 Å². The quantitative estimate of drug-likeness (QED) is 0.811. The van der Waals surface area contributed by atoms with Crippen LogP contribution in [0.1, 0.15) is 46.5 Å². The van der Waals surface area contributed by atoms with Crippen LogP contribution < -0.4 is 10.6 Å². The first-order chi connectivity index (χ1) is 10.1. The lowest BCUT2D eigenvalue weighted by atomic mass is 9.86. The maximum atomic E-state index is 6.03. The summed E-state index contributed by atoms with van der Waals surface area (Å²) in [5.41, 5.74) is 0.0138. The molecule has 0 bridgehead atoms. The molecule has 0 amide bonds. The molecule has 1 aromatic heterocycles. The molecule has 0 saturated carbocycles. The lowest BCUT2D eigenvalue weighted by Gasteiger charge is -2.40. The van der Waals surface area contributed by atoms with Crippen LogP contribution in [-0.2, 0) is 4.74 Å². The van der Waals surface area contributed by atoms with Crippen LogP contribution in [0, 0.1) is 0 Å². The van der Waals surface area contributed by atoms with Crippen LogP contribution in [0.4, 0.5) is 11.6 Å². The van der Waals surface area contributed by atoms with Gasteiger partial charge in [-0.25, -0.2) is 9.97 Å². The lowest BCUT2D eigenvalue weighted by Crippen LogP contribution is -2.43. The summed E-state index contributed by atoms with van der Waals surface area (Å²) in [7, 11) is 0. The van der Waals surface area contributed by atoms with Gasteiger partial charge in [0.2, 0.25) is 0 Å². The summed E-state index contributed by atoms with van der Waals surface area (Å²) in [4.78, 5) is 8.61. The molecule has 1 unspecified atom stereocenters. The SMILES string of the molecule is CCNc1ncnc(NC2CCOC(CC)(CC)C2)c1Br. The Balaban J connectivity index is 2.09. The van der Waals surface area contributed by atoms with Crippen molar-refractivity contribution in [1.29, 1.82) is 0 Å². The average Bonchev–Trinajstić information content (AvgIpc) is 2.51. The van der Waals surface area contributed by atoms with Gasteiger partial charge in [-0.3, -0.25) is 0 Å². The molecule has 0 aliphatic carbocycles. The lowest BCUT2D eigenvalue weighted by molar-refractivity contribution is -0.0864. The fraction of sp³-hybridized carbons (Fsp3) is 0.733. The Morgan fingerprint density at radius 2 is 2.00 bits per heavy atom. The fourth-order valence-corrected chi connectivity index (χ4v) is 3.31. The molecular formula is C15H25BrN4O. The highest BCUT2D eigenvalue weighted by atomic mass is 79.9. The van der Waals surface area contributed by atoms with Gasteiger partial charge in [0, 0.05) is 19.2 Å². The third-order valence-electron chi connectivity index (χ3n) is 4.26. The third kappa shape index (κ3) is 3.86. The van der Waals surface area contributed by atoms with Crippen molar-refractivity contribution < 1.29 is 4.74 Å². The molecule has 0 spiro atoms. The van der Waals surface area contributed by atoms with Gasteiger partial charge in [-0.15, -0.1) is 0 Å². The molecular weight excluding hydrogens is 332 g/mol. The number of hydrogen-bond acceptors (Lipinski definition) is 5. The molecule has 21 heavy (non-hydrogen) atoms. The van der Waals surface area contributed by atoms with Crippen LogP contribution in [0.2, 0.25) is 0 Å². The number of ether oxygens (including phenoxy) is 1. The van der Waals surface area contributed by atoms with Crippen molar-refractivity contribution in [3.63, 3.8) is 0 Å². The predicted molar refractivity (Wildman–Crippen MR) is 89.8 cm³/mol. The summed E-state index contributed by atoms with van der Waals surface area (Å²) in [5, 5.41) is 6.78. The van der Waals surface area contributed by atoms with Crippen molar-refractivity contribution in [2.24, 2.45) is 0 Å². The van der Waals surface area contributed by atoms with Gasteiger partial charge in [0.05, 0.1) is 5.60 Å². The smallest absolute Gasteiger partial charge is 0.146 e. The topological polar surface area (TPSA) is 59.1 Å². The van der Waals surface area contributed by atoms with Gasteiger partial charge >= 0.3 is 0 Å². The molecule has 5 nitrogen and oxygen atoms in total. The van der Waals surface area contributed by atoms with Crippen LogP contribution in [0.3, 0.4) is 0 Å². The fourth-order valence-electron chi connectivity index (χ4n) is 2.85. The van der Waals surface area contributed by atoms with Crippen LogP contribution in [-0.4, -0.2) is 34.8 Å². The van der Waals surface area contributed by atoms with Gasteiger partial charge in [0.25, 0.3) is 0 Å². The number of anilines is 2. The van der Waals surface area contributed by atoms with Gasteiger partial charge in [-0.2, -0.15) is 0 Å². The highest BCUT2D eigenvalue weighted by Crippen LogP contribution is 2.34. The van der Waals surface area contributed by atoms with E-state index in [4.69, 9.17) is 4.74 Å². The number of halogens is 1. The highest BCUT2D eigenvalue weighted by molar-refractivity contribution is 9.10. The first-order valence-electron chi connectivity index (χ1n) is 7.79. The first-order valence-corrected chi connectivity index (χ1v) is 8.58. The number of aromatic nitrogens is 2. The van der Waals surface area contributed by atoms with E-state index in [1.54, 1.807) is 6.33 Å². The van der Waals surface area contributed by atoms with Gasteiger partial charge < -0.3 is 15.4 Å². The zero-order chi connectivity index (χ0) is 15.3. The van der Waals surface area contributed by atoms with Crippen molar-refractivity contribution >= 4 is 27.6 Å². The van der Waals surface area contributed by atoms with Crippen LogP contribution in [0.25, 0.3) is 0 Å². The summed E-state index contributed by atoms with van der Waals surface area (Å²) < 4.78 is 6.93. The van der Waals surface area contributed by atoms with E-state index in [0.29, 0.717) is 6.04 Å². The molecule has 6 heteroatoms. The van der Waals surface area contributed by atoms with E-state index in [2.05, 4.69) is 57.3 Å². The summed E-state index contributed by atoms with van der Waals surface area (Å²) in [6.07, 6.45) is 5.73. The molecule has 0 radical (unpaired) electrons. The monoisotopic (exact) mass is 356 g/mol. The second-order valence-electron chi connectivity index (χ2n) is 5.49. The molecule has 1 saturated heterocycles. The van der Waals surface area contributed by atoms with Crippen LogP contribution in [0.5, 0.6) is 0 Å². The Labute approximate surface area is 135 Å². The van der Waals surface area contributed by atoms with E-state index in [0.717, 1.165) is 54.9 Å². The number of hydrogen-bond donors (Lipinski definition) is 2. The minimum atomic E-state index is 0.0138. The van der Waals surface area contributed by atoms with Crippen molar-refractivity contribution in [2.45, 2.75) is 58.1 Å². The summed E-state index contributed by atoms with van der Waals surface area (Å²) in [6, 6.07) is 0.388. The standard InChI is InChI=1S/C15H25BrN4O/c1-4-15(5-2)9-11(7-8-21-15)20-14-12(16)13(17-6-3)18-10-19-14/h10-11H,4-9H2,1-3H3,(H2,17,18,19,20). The van der Waals surface area contributed by atoms with E-state index in [-0.39, 0.29) is 5.60 Å². The minimum Gasteiger partial charge on any atom is -0.375 e. The Morgan fingerprint density at radius 3 is 2.67 bits per heavy atom. The Hall–Kier alpha value is -0.880. The molecule has 2 N–H and O–H groups in total.